The monoisotopic (exact) mass is 559 g/mol. The molecule has 0 saturated carbocycles. The van der Waals surface area contributed by atoms with E-state index in [-0.39, 0.29) is 40.5 Å². The number of carbonyl (C=O) groups excluding carboxylic acids is 1. The standard InChI is InChI=1S/C27H59N2O4Si3/c1-24(2,3)21(31-34(10)11)27(29-20(30)18-16-17-19-28,22(25(4,5)6)32-35(12)13)23(26(7,8)9)33-36(14)15/h21-23H,16-19,28H2,1-15H3,(H,29,30). The molecule has 0 aliphatic heterocycles. The lowest BCUT2D eigenvalue weighted by molar-refractivity contribution is -0.168. The summed E-state index contributed by atoms with van der Waals surface area (Å²) in [6.45, 7) is 33.5. The minimum Gasteiger partial charge on any atom is -0.411 e. The fourth-order valence-electron chi connectivity index (χ4n) is 5.02. The zero-order valence-corrected chi connectivity index (χ0v) is 29.3. The summed E-state index contributed by atoms with van der Waals surface area (Å²) < 4.78 is 20.9. The number of rotatable bonds is 14. The Hall–Kier alpha value is -0.0394. The van der Waals surface area contributed by atoms with E-state index >= 15 is 0 Å². The first-order valence-electron chi connectivity index (χ1n) is 13.5. The summed E-state index contributed by atoms with van der Waals surface area (Å²) in [5.74, 6) is 0.0138. The second-order valence-corrected chi connectivity index (χ2v) is 20.2. The van der Waals surface area contributed by atoms with Gasteiger partial charge in [0.05, 0.1) is 18.3 Å². The zero-order chi connectivity index (χ0) is 28.7. The maximum absolute atomic E-state index is 13.8. The van der Waals surface area contributed by atoms with E-state index < -0.39 is 32.7 Å². The smallest absolute Gasteiger partial charge is 0.220 e. The molecule has 0 aliphatic rings. The fraction of sp³-hybridized carbons (Fsp3) is 0.963. The molecule has 3 N–H and O–H groups in total. The van der Waals surface area contributed by atoms with Crippen LogP contribution in [0.3, 0.4) is 0 Å². The molecule has 0 spiro atoms. The number of nitrogens with two attached hydrogens (primary N) is 1. The maximum atomic E-state index is 13.8. The summed E-state index contributed by atoms with van der Waals surface area (Å²) in [6.07, 6.45) is 1.05. The summed E-state index contributed by atoms with van der Waals surface area (Å²) >= 11 is 0. The Morgan fingerprint density at radius 2 is 0.972 bits per heavy atom. The molecule has 3 radical (unpaired) electrons. The van der Waals surface area contributed by atoms with Crippen LogP contribution in [0.2, 0.25) is 39.3 Å². The van der Waals surface area contributed by atoms with Gasteiger partial charge in [0.1, 0.15) is 5.54 Å². The van der Waals surface area contributed by atoms with Crippen LogP contribution in [0.25, 0.3) is 0 Å². The summed E-state index contributed by atoms with van der Waals surface area (Å²) in [5, 5.41) is 3.62. The Morgan fingerprint density at radius 3 is 1.19 bits per heavy atom. The van der Waals surface area contributed by atoms with Gasteiger partial charge in [0.25, 0.3) is 0 Å². The van der Waals surface area contributed by atoms with Gasteiger partial charge in [0, 0.05) is 6.42 Å². The van der Waals surface area contributed by atoms with Crippen molar-refractivity contribution in [2.45, 2.75) is 145 Å². The molecule has 0 aromatic heterocycles. The van der Waals surface area contributed by atoms with Crippen molar-refractivity contribution in [2.75, 3.05) is 6.54 Å². The highest BCUT2D eigenvalue weighted by atomic mass is 28.3. The number of unbranched alkanes of at least 4 members (excludes halogenated alkanes) is 1. The van der Waals surface area contributed by atoms with Crippen molar-refractivity contribution in [3.63, 3.8) is 0 Å². The molecule has 3 unspecified atom stereocenters. The Kier molecular flexibility index (Phi) is 14.4. The van der Waals surface area contributed by atoms with E-state index in [1.165, 1.54) is 0 Å². The summed E-state index contributed by atoms with van der Waals surface area (Å²) in [7, 11) is -3.38. The van der Waals surface area contributed by atoms with Crippen molar-refractivity contribution in [2.24, 2.45) is 22.0 Å². The molecule has 0 heterocycles. The Balaban J connectivity index is 7.65. The van der Waals surface area contributed by atoms with Gasteiger partial charge >= 0.3 is 0 Å². The van der Waals surface area contributed by atoms with Gasteiger partial charge in [-0.15, -0.1) is 0 Å². The first-order valence-corrected chi connectivity index (χ1v) is 20.7. The minimum atomic E-state index is -1.13. The molecule has 0 saturated heterocycles. The van der Waals surface area contributed by atoms with Gasteiger partial charge in [0.15, 0.2) is 0 Å². The van der Waals surface area contributed by atoms with Crippen LogP contribution in [0.1, 0.15) is 81.6 Å². The van der Waals surface area contributed by atoms with E-state index in [2.05, 4.69) is 107 Å². The molecular weight excluding hydrogens is 501 g/mol. The number of amides is 1. The SMILES string of the molecule is C[Si](C)OC(C(C)(C)C)C(NC(=O)CCCCN)(C(O[Si](C)C)C(C)(C)C)C(O[Si](C)C)C(C)(C)C. The van der Waals surface area contributed by atoms with Crippen LogP contribution in [-0.2, 0) is 18.1 Å². The summed E-state index contributed by atoms with van der Waals surface area (Å²) in [6, 6.07) is 0. The lowest BCUT2D eigenvalue weighted by Gasteiger charge is -2.60. The molecule has 0 rings (SSSR count). The topological polar surface area (TPSA) is 82.8 Å². The minimum absolute atomic E-state index is 0.0138. The van der Waals surface area contributed by atoms with Crippen molar-refractivity contribution in [3.05, 3.63) is 0 Å². The number of hydrogen-bond donors (Lipinski definition) is 2. The van der Waals surface area contributed by atoms with E-state index in [4.69, 9.17) is 19.0 Å². The number of carbonyl (C=O) groups is 1. The first kappa shape index (κ1) is 36.0. The van der Waals surface area contributed by atoms with Crippen LogP contribution < -0.4 is 11.1 Å². The van der Waals surface area contributed by atoms with Gasteiger partial charge in [-0.05, 0) is 74.9 Å². The molecule has 3 atom stereocenters. The Labute approximate surface area is 229 Å². The average Bonchev–Trinajstić information content (AvgIpc) is 2.64. The molecular formula is C27H59N2O4Si3. The first-order chi connectivity index (χ1) is 16.1. The predicted octanol–water partition coefficient (Wildman–Crippen LogP) is 6.02. The molecule has 213 valence electrons. The van der Waals surface area contributed by atoms with Crippen LogP contribution in [0.5, 0.6) is 0 Å². The molecule has 9 heteroatoms. The highest BCUT2D eigenvalue weighted by Crippen LogP contribution is 2.48. The normalized spacial score (nSPS) is 17.9. The summed E-state index contributed by atoms with van der Waals surface area (Å²) in [4.78, 5) is 13.8. The summed E-state index contributed by atoms with van der Waals surface area (Å²) in [5.41, 5.74) is 3.99. The van der Waals surface area contributed by atoms with E-state index in [0.717, 1.165) is 12.8 Å². The highest BCUT2D eigenvalue weighted by molar-refractivity contribution is 6.49. The number of nitrogens with one attached hydrogen (secondary N) is 1. The lowest BCUT2D eigenvalue weighted by Crippen LogP contribution is -2.78. The average molecular weight is 560 g/mol. The van der Waals surface area contributed by atoms with Gasteiger partial charge in [-0.1, -0.05) is 62.3 Å². The molecule has 0 fully saturated rings. The van der Waals surface area contributed by atoms with Crippen molar-refractivity contribution in [1.29, 1.82) is 0 Å². The van der Waals surface area contributed by atoms with Crippen LogP contribution in [0, 0.1) is 16.2 Å². The van der Waals surface area contributed by atoms with Crippen LogP contribution in [0.4, 0.5) is 0 Å². The van der Waals surface area contributed by atoms with Crippen LogP contribution in [-0.4, -0.2) is 63.4 Å². The van der Waals surface area contributed by atoms with Crippen LogP contribution >= 0.6 is 0 Å². The van der Waals surface area contributed by atoms with Gasteiger partial charge in [-0.2, -0.15) is 0 Å². The molecule has 1 amide bonds. The highest BCUT2D eigenvalue weighted by Gasteiger charge is 2.62. The Bertz CT molecular complexity index is 584. The Morgan fingerprint density at radius 1 is 0.667 bits per heavy atom. The van der Waals surface area contributed by atoms with Gasteiger partial charge in [-0.3, -0.25) is 4.79 Å². The second-order valence-electron chi connectivity index (χ2n) is 14.0. The molecule has 6 nitrogen and oxygen atoms in total. The third kappa shape index (κ3) is 11.0. The van der Waals surface area contributed by atoms with E-state index in [0.29, 0.717) is 13.0 Å². The van der Waals surface area contributed by atoms with Crippen molar-refractivity contribution in [1.82, 2.24) is 5.32 Å². The molecule has 0 aliphatic carbocycles. The number of hydrogen-bond acceptors (Lipinski definition) is 5. The zero-order valence-electron chi connectivity index (χ0n) is 26.3. The van der Waals surface area contributed by atoms with Gasteiger partial charge < -0.3 is 24.3 Å². The van der Waals surface area contributed by atoms with Crippen molar-refractivity contribution >= 4 is 33.0 Å². The third-order valence-electron chi connectivity index (χ3n) is 5.94. The van der Waals surface area contributed by atoms with Crippen molar-refractivity contribution in [3.8, 4) is 0 Å². The molecule has 0 aromatic carbocycles. The van der Waals surface area contributed by atoms with E-state index in [9.17, 15) is 4.79 Å². The lowest BCUT2D eigenvalue weighted by atomic mass is 9.60. The van der Waals surface area contributed by atoms with E-state index in [1.807, 2.05) is 0 Å². The predicted molar refractivity (Wildman–Crippen MR) is 159 cm³/mol. The fourth-order valence-corrected chi connectivity index (χ4v) is 8.08. The molecule has 36 heavy (non-hydrogen) atoms. The largest absolute Gasteiger partial charge is 0.411 e. The van der Waals surface area contributed by atoms with Gasteiger partial charge in [0.2, 0.25) is 33.0 Å². The van der Waals surface area contributed by atoms with E-state index in [1.54, 1.807) is 0 Å². The molecule has 0 bridgehead atoms. The third-order valence-corrected chi connectivity index (χ3v) is 8.06. The second kappa shape index (κ2) is 14.4. The van der Waals surface area contributed by atoms with Crippen LogP contribution in [0.15, 0.2) is 0 Å². The van der Waals surface area contributed by atoms with Crippen molar-refractivity contribution < 1.29 is 18.1 Å². The van der Waals surface area contributed by atoms with Gasteiger partial charge in [-0.25, -0.2) is 0 Å². The maximum Gasteiger partial charge on any atom is 0.220 e. The quantitative estimate of drug-likeness (QED) is 0.201. The molecule has 0 aromatic rings.